The third-order valence-corrected chi connectivity index (χ3v) is 6.32. The van der Waals surface area contributed by atoms with E-state index in [0.717, 1.165) is 36.2 Å². The number of ether oxygens (including phenoxy) is 1. The molecule has 1 amide bonds. The lowest BCUT2D eigenvalue weighted by Gasteiger charge is -2.25. The van der Waals surface area contributed by atoms with E-state index in [0.29, 0.717) is 30.2 Å². The fourth-order valence-corrected chi connectivity index (χ4v) is 4.53. The van der Waals surface area contributed by atoms with E-state index in [2.05, 4.69) is 24.8 Å². The molecule has 5 aromatic rings. The minimum absolute atomic E-state index is 0.147. The van der Waals surface area contributed by atoms with E-state index in [1.54, 1.807) is 30.6 Å². The average molecular weight is 519 g/mol. The van der Waals surface area contributed by atoms with E-state index >= 15 is 0 Å². The third-order valence-electron chi connectivity index (χ3n) is 6.32. The van der Waals surface area contributed by atoms with Gasteiger partial charge in [-0.25, -0.2) is 18.9 Å². The highest BCUT2D eigenvalue weighted by molar-refractivity contribution is 6.03. The summed E-state index contributed by atoms with van der Waals surface area (Å²) in [6.45, 7) is 1.27. The van der Waals surface area contributed by atoms with Crippen LogP contribution < -0.4 is 5.32 Å². The van der Waals surface area contributed by atoms with Crippen LogP contribution in [0.15, 0.2) is 61.1 Å². The molecular weight excluding hydrogens is 499 g/mol. The number of carbonyl (C=O) groups is 1. The van der Waals surface area contributed by atoms with Crippen LogP contribution in [-0.2, 0) is 4.74 Å². The normalized spacial score (nSPS) is 14.2. The highest BCUT2D eigenvalue weighted by Gasteiger charge is 2.24. The number of amides is 1. The van der Waals surface area contributed by atoms with Crippen molar-refractivity contribution in [1.29, 1.82) is 0 Å². The Morgan fingerprint density at radius 1 is 0.974 bits per heavy atom. The summed E-state index contributed by atoms with van der Waals surface area (Å²) in [5, 5.41) is 7.24. The van der Waals surface area contributed by atoms with Crippen LogP contribution in [0, 0.1) is 17.7 Å². The predicted octanol–water partition coefficient (Wildman–Crippen LogP) is 4.68. The molecule has 4 aromatic heterocycles. The van der Waals surface area contributed by atoms with Crippen LogP contribution in [0.2, 0.25) is 0 Å². The molecule has 1 aliphatic rings. The van der Waals surface area contributed by atoms with E-state index in [1.165, 1.54) is 22.8 Å². The van der Waals surface area contributed by atoms with Gasteiger partial charge in [0.15, 0.2) is 11.5 Å². The first kappa shape index (κ1) is 23.8. The molecule has 1 aliphatic heterocycles. The van der Waals surface area contributed by atoms with Crippen molar-refractivity contribution < 1.29 is 22.7 Å². The van der Waals surface area contributed by atoms with E-state index in [9.17, 15) is 18.0 Å². The van der Waals surface area contributed by atoms with E-state index in [-0.39, 0.29) is 23.2 Å². The maximum absolute atomic E-state index is 13.6. The number of nitrogens with one attached hydrogen (secondary N) is 1. The second-order valence-corrected chi connectivity index (χ2v) is 8.80. The number of halogens is 3. The van der Waals surface area contributed by atoms with Gasteiger partial charge in [0.2, 0.25) is 11.9 Å². The number of pyridine rings is 1. The second-order valence-electron chi connectivity index (χ2n) is 8.80. The third kappa shape index (κ3) is 4.61. The lowest BCUT2D eigenvalue weighted by atomic mass is 10.1. The van der Waals surface area contributed by atoms with Crippen molar-refractivity contribution in [2.75, 3.05) is 18.5 Å². The van der Waals surface area contributed by atoms with Gasteiger partial charge in [-0.05, 0) is 49.2 Å². The molecule has 1 aromatic carbocycles. The van der Waals surface area contributed by atoms with Gasteiger partial charge in [0.05, 0.1) is 23.9 Å². The molecule has 0 atom stereocenters. The molecule has 9 nitrogen and oxygen atoms in total. The van der Waals surface area contributed by atoms with Crippen molar-refractivity contribution in [2.45, 2.75) is 18.9 Å². The summed E-state index contributed by atoms with van der Waals surface area (Å²) in [5.74, 6) is -3.15. The summed E-state index contributed by atoms with van der Waals surface area (Å²) in [6, 6.07) is 11.5. The Balaban J connectivity index is 1.37. The molecule has 38 heavy (non-hydrogen) atoms. The van der Waals surface area contributed by atoms with Gasteiger partial charge in [-0.1, -0.05) is 0 Å². The molecule has 1 N–H and O–H groups in total. The summed E-state index contributed by atoms with van der Waals surface area (Å²) in [5.41, 5.74) is 2.95. The number of anilines is 1. The Morgan fingerprint density at radius 2 is 1.71 bits per heavy atom. The Morgan fingerprint density at radius 3 is 2.45 bits per heavy atom. The van der Waals surface area contributed by atoms with Crippen LogP contribution in [-0.4, -0.2) is 48.3 Å². The highest BCUT2D eigenvalue weighted by atomic mass is 19.1. The van der Waals surface area contributed by atoms with Crippen LogP contribution in [0.5, 0.6) is 0 Å². The second kappa shape index (κ2) is 9.71. The summed E-state index contributed by atoms with van der Waals surface area (Å²) >= 11 is 0. The fourth-order valence-electron chi connectivity index (χ4n) is 4.53. The molecule has 0 saturated carbocycles. The number of fused-ring (bicyclic) bond motifs is 1. The zero-order valence-corrected chi connectivity index (χ0v) is 19.8. The van der Waals surface area contributed by atoms with E-state index in [1.807, 2.05) is 0 Å². The van der Waals surface area contributed by atoms with Gasteiger partial charge in [-0.3, -0.25) is 4.79 Å². The number of imidazole rings is 2. The summed E-state index contributed by atoms with van der Waals surface area (Å²) in [7, 11) is 0. The number of aromatic nitrogens is 6. The molecule has 5 heterocycles. The summed E-state index contributed by atoms with van der Waals surface area (Å²) < 4.78 is 49.5. The molecule has 0 radical (unpaired) electrons. The number of hydrogen-bond donors (Lipinski definition) is 1. The number of benzene rings is 1. The molecule has 12 heteroatoms. The first-order chi connectivity index (χ1) is 18.4. The van der Waals surface area contributed by atoms with Crippen molar-refractivity contribution in [3.8, 4) is 22.6 Å². The molecule has 0 spiro atoms. The number of rotatable bonds is 5. The van der Waals surface area contributed by atoms with Gasteiger partial charge in [0.25, 0.3) is 5.91 Å². The van der Waals surface area contributed by atoms with E-state index in [4.69, 9.17) is 9.84 Å². The van der Waals surface area contributed by atoms with Gasteiger partial charge in [-0.2, -0.15) is 18.9 Å². The molecule has 192 valence electrons. The topological polar surface area (TPSA) is 99.2 Å². The molecular formula is C26H20F3N7O2. The zero-order valence-electron chi connectivity index (χ0n) is 19.8. The van der Waals surface area contributed by atoms with Crippen LogP contribution in [0.3, 0.4) is 0 Å². The number of carbonyl (C=O) groups excluding carboxylic acids is 1. The molecule has 0 bridgehead atoms. The van der Waals surface area contributed by atoms with Crippen molar-refractivity contribution in [3.63, 3.8) is 0 Å². The quantitative estimate of drug-likeness (QED) is 0.339. The van der Waals surface area contributed by atoms with Crippen LogP contribution in [0.4, 0.5) is 19.0 Å². The Kier molecular flexibility index (Phi) is 6.08. The minimum Gasteiger partial charge on any atom is -0.381 e. The Hall–Kier alpha value is -4.58. The average Bonchev–Trinajstić information content (AvgIpc) is 3.52. The van der Waals surface area contributed by atoms with Gasteiger partial charge in [0, 0.05) is 42.5 Å². The zero-order chi connectivity index (χ0) is 26.2. The first-order valence-corrected chi connectivity index (χ1v) is 11.9. The van der Waals surface area contributed by atoms with Gasteiger partial charge >= 0.3 is 0 Å². The largest absolute Gasteiger partial charge is 0.381 e. The van der Waals surface area contributed by atoms with Crippen LogP contribution in [0.25, 0.3) is 28.3 Å². The van der Waals surface area contributed by atoms with E-state index < -0.39 is 17.8 Å². The molecule has 0 aliphatic carbocycles. The first-order valence-electron chi connectivity index (χ1n) is 11.9. The maximum atomic E-state index is 13.6. The number of nitrogens with zero attached hydrogens (tertiary/aromatic N) is 6. The summed E-state index contributed by atoms with van der Waals surface area (Å²) in [6.07, 6.45) is 4.89. The van der Waals surface area contributed by atoms with Gasteiger partial charge in [0.1, 0.15) is 11.5 Å². The Bertz CT molecular complexity index is 1620. The van der Waals surface area contributed by atoms with Gasteiger partial charge in [-0.15, -0.1) is 0 Å². The van der Waals surface area contributed by atoms with Crippen molar-refractivity contribution in [1.82, 2.24) is 29.1 Å². The lowest BCUT2D eigenvalue weighted by molar-refractivity contribution is 0.0699. The standard InChI is InChI=1S/C26H20F3N7O2/c27-17-3-1-15(2-4-17)24-25(35(14-30-24)18-7-9-38-10-8-18)19-5-6-23-32-22(13-36(23)34-19)33-26(37)16-11-20(28)31-21(29)12-16/h1-6,11-14,18H,7-10H2,(H,33,37). The molecule has 1 fully saturated rings. The monoisotopic (exact) mass is 519 g/mol. The highest BCUT2D eigenvalue weighted by Crippen LogP contribution is 2.35. The fraction of sp³-hybridized carbons (Fsp3) is 0.192. The maximum Gasteiger partial charge on any atom is 0.257 e. The smallest absolute Gasteiger partial charge is 0.257 e. The molecule has 1 saturated heterocycles. The molecule has 6 rings (SSSR count). The van der Waals surface area contributed by atoms with Crippen LogP contribution >= 0.6 is 0 Å². The van der Waals surface area contributed by atoms with Crippen molar-refractivity contribution in [3.05, 3.63) is 84.3 Å². The van der Waals surface area contributed by atoms with Crippen molar-refractivity contribution >= 4 is 17.4 Å². The summed E-state index contributed by atoms with van der Waals surface area (Å²) in [4.78, 5) is 24.5. The minimum atomic E-state index is -1.10. The SMILES string of the molecule is O=C(Nc1cn2nc(-c3c(-c4ccc(F)cc4)ncn3C3CCOCC3)ccc2n1)c1cc(F)nc(F)c1. The Labute approximate surface area is 213 Å². The predicted molar refractivity (Wildman–Crippen MR) is 131 cm³/mol. The number of hydrogen-bond acceptors (Lipinski definition) is 6. The van der Waals surface area contributed by atoms with Crippen molar-refractivity contribution in [2.24, 2.45) is 0 Å². The molecule has 0 unspecified atom stereocenters. The van der Waals surface area contributed by atoms with Gasteiger partial charge < -0.3 is 14.6 Å². The lowest BCUT2D eigenvalue weighted by Crippen LogP contribution is -2.20. The van der Waals surface area contributed by atoms with Crippen LogP contribution in [0.1, 0.15) is 29.2 Å².